The van der Waals surface area contributed by atoms with Gasteiger partial charge in [-0.3, -0.25) is 14.5 Å². The van der Waals surface area contributed by atoms with E-state index < -0.39 is 5.82 Å². The summed E-state index contributed by atoms with van der Waals surface area (Å²) >= 11 is 1.28. The van der Waals surface area contributed by atoms with Crippen LogP contribution < -0.4 is 4.90 Å². The molecule has 8 heteroatoms. The van der Waals surface area contributed by atoms with Crippen LogP contribution in [0, 0.1) is 5.82 Å². The fourth-order valence-electron chi connectivity index (χ4n) is 2.61. The number of fused-ring (bicyclic) bond motifs is 1. The number of halogens is 2. The number of para-hydroxylation sites is 1. The Hall–Kier alpha value is -2.35. The van der Waals surface area contributed by atoms with Crippen molar-refractivity contribution < 1.29 is 14.0 Å². The fourth-order valence-corrected chi connectivity index (χ4v) is 3.61. The van der Waals surface area contributed by atoms with E-state index in [4.69, 9.17) is 0 Å². The summed E-state index contributed by atoms with van der Waals surface area (Å²) in [5, 5.41) is 0.456. The second-order valence-corrected chi connectivity index (χ2v) is 7.49. The van der Waals surface area contributed by atoms with E-state index in [-0.39, 0.29) is 29.6 Å². The molecule has 0 aliphatic carbocycles. The number of hydrogen-bond donors (Lipinski definition) is 0. The fraction of sp³-hybridized carbons (Fsp3) is 0.250. The maximum Gasteiger partial charge on any atom is 0.260 e. The van der Waals surface area contributed by atoms with Crippen molar-refractivity contribution in [2.75, 3.05) is 32.1 Å². The summed E-state index contributed by atoms with van der Waals surface area (Å²) in [5.74, 6) is -0.688. The van der Waals surface area contributed by atoms with Gasteiger partial charge in [-0.15, -0.1) is 12.4 Å². The number of nitrogens with zero attached hydrogens (tertiary/aromatic N) is 3. The van der Waals surface area contributed by atoms with Crippen LogP contribution in [0.15, 0.2) is 42.5 Å². The maximum absolute atomic E-state index is 14.0. The van der Waals surface area contributed by atoms with E-state index in [1.165, 1.54) is 24.3 Å². The lowest BCUT2D eigenvalue weighted by atomic mass is 10.1. The topological polar surface area (TPSA) is 53.5 Å². The van der Waals surface area contributed by atoms with E-state index in [1.807, 2.05) is 19.0 Å². The average molecular weight is 422 g/mol. The van der Waals surface area contributed by atoms with E-state index in [0.29, 0.717) is 34.0 Å². The molecule has 0 saturated carbocycles. The molecule has 0 spiro atoms. The maximum atomic E-state index is 14.0. The molecule has 148 valence electrons. The highest BCUT2D eigenvalue weighted by Gasteiger charge is 2.22. The van der Waals surface area contributed by atoms with Crippen molar-refractivity contribution in [1.82, 2.24) is 9.88 Å². The highest BCUT2D eigenvalue weighted by atomic mass is 35.5. The molecule has 28 heavy (non-hydrogen) atoms. The van der Waals surface area contributed by atoms with Crippen LogP contribution in [0.25, 0.3) is 10.2 Å². The van der Waals surface area contributed by atoms with Crippen molar-refractivity contribution in [2.45, 2.75) is 6.92 Å². The van der Waals surface area contributed by atoms with Crippen LogP contribution in [-0.4, -0.2) is 48.8 Å². The number of carbonyl (C=O) groups excluding carboxylic acids is 2. The lowest BCUT2D eigenvalue weighted by Crippen LogP contribution is -2.36. The Kier molecular flexibility index (Phi) is 7.23. The smallest absolute Gasteiger partial charge is 0.260 e. The number of aromatic nitrogens is 1. The lowest BCUT2D eigenvalue weighted by Gasteiger charge is -2.22. The van der Waals surface area contributed by atoms with Gasteiger partial charge in [-0.05, 0) is 45.3 Å². The summed E-state index contributed by atoms with van der Waals surface area (Å²) in [6.45, 7) is 2.54. The van der Waals surface area contributed by atoms with Gasteiger partial charge in [-0.25, -0.2) is 9.37 Å². The standard InChI is InChI=1S/C20H20FN3O2S.ClH/c1-13(25)14-7-9-15(10-8-14)19(26)24(12-11-23(2)3)20-22-18-16(21)5-4-6-17(18)27-20;/h4-10H,11-12H2,1-3H3;1H. The van der Waals surface area contributed by atoms with Gasteiger partial charge >= 0.3 is 0 Å². The molecule has 0 bridgehead atoms. The van der Waals surface area contributed by atoms with Crippen molar-refractivity contribution in [3.63, 3.8) is 0 Å². The first kappa shape index (κ1) is 21.9. The monoisotopic (exact) mass is 421 g/mol. The van der Waals surface area contributed by atoms with Crippen LogP contribution in [0.4, 0.5) is 9.52 Å². The summed E-state index contributed by atoms with van der Waals surface area (Å²) < 4.78 is 14.7. The predicted octanol–water partition coefficient (Wildman–Crippen LogP) is 4.27. The van der Waals surface area contributed by atoms with Crippen molar-refractivity contribution >= 4 is 50.8 Å². The molecule has 2 aromatic carbocycles. The van der Waals surface area contributed by atoms with Crippen LogP contribution >= 0.6 is 23.7 Å². The Bertz CT molecular complexity index is 989. The van der Waals surface area contributed by atoms with Crippen LogP contribution in [0.5, 0.6) is 0 Å². The van der Waals surface area contributed by atoms with Gasteiger partial charge < -0.3 is 4.90 Å². The summed E-state index contributed by atoms with van der Waals surface area (Å²) in [5.41, 5.74) is 1.28. The molecule has 5 nitrogen and oxygen atoms in total. The predicted molar refractivity (Wildman–Crippen MR) is 114 cm³/mol. The normalized spacial score (nSPS) is 10.8. The third kappa shape index (κ3) is 4.73. The van der Waals surface area contributed by atoms with Gasteiger partial charge in [0.15, 0.2) is 10.9 Å². The number of Topliss-reactive ketones (excluding diaryl/α,β-unsaturated/α-hetero) is 1. The zero-order valence-corrected chi connectivity index (χ0v) is 17.4. The van der Waals surface area contributed by atoms with Crippen molar-refractivity contribution in [3.8, 4) is 0 Å². The van der Waals surface area contributed by atoms with Crippen LogP contribution in [0.1, 0.15) is 27.6 Å². The molecular formula is C20H21ClFN3O2S. The van der Waals surface area contributed by atoms with Gasteiger partial charge in [0.25, 0.3) is 5.91 Å². The average Bonchev–Trinajstić information content (AvgIpc) is 3.07. The first-order valence-electron chi connectivity index (χ1n) is 8.49. The van der Waals surface area contributed by atoms with Gasteiger partial charge in [0.2, 0.25) is 0 Å². The first-order valence-corrected chi connectivity index (χ1v) is 9.31. The van der Waals surface area contributed by atoms with Gasteiger partial charge in [0.05, 0.1) is 4.70 Å². The molecule has 0 saturated heterocycles. The van der Waals surface area contributed by atoms with Crippen molar-refractivity contribution in [3.05, 3.63) is 59.4 Å². The van der Waals surface area contributed by atoms with Crippen molar-refractivity contribution in [1.29, 1.82) is 0 Å². The largest absolute Gasteiger partial charge is 0.308 e. The van der Waals surface area contributed by atoms with E-state index in [9.17, 15) is 14.0 Å². The summed E-state index contributed by atoms with van der Waals surface area (Å²) in [6.07, 6.45) is 0. The number of likely N-dealkylation sites (N-methyl/N-ethyl adjacent to an activating group) is 1. The number of anilines is 1. The van der Waals surface area contributed by atoms with Gasteiger partial charge in [0.1, 0.15) is 11.3 Å². The van der Waals surface area contributed by atoms with E-state index in [0.717, 1.165) is 0 Å². The molecular weight excluding hydrogens is 401 g/mol. The third-order valence-electron chi connectivity index (χ3n) is 4.14. The Labute approximate surface area is 173 Å². The zero-order valence-electron chi connectivity index (χ0n) is 15.8. The zero-order chi connectivity index (χ0) is 19.6. The molecule has 1 amide bonds. The minimum atomic E-state index is -0.402. The molecule has 0 unspecified atom stereocenters. The van der Waals surface area contributed by atoms with Crippen molar-refractivity contribution in [2.24, 2.45) is 0 Å². The molecule has 0 fully saturated rings. The molecule has 0 aliphatic heterocycles. The molecule has 0 N–H and O–H groups in total. The second-order valence-electron chi connectivity index (χ2n) is 6.48. The van der Waals surface area contributed by atoms with Crippen LogP contribution in [-0.2, 0) is 0 Å². The molecule has 0 aliphatic rings. The second kappa shape index (κ2) is 9.23. The molecule has 1 aromatic heterocycles. The molecule has 3 rings (SSSR count). The van der Waals surface area contributed by atoms with Crippen LogP contribution in [0.3, 0.4) is 0 Å². The Morgan fingerprint density at radius 3 is 2.25 bits per heavy atom. The van der Waals surface area contributed by atoms with E-state index in [1.54, 1.807) is 41.3 Å². The Morgan fingerprint density at radius 2 is 1.68 bits per heavy atom. The first-order chi connectivity index (χ1) is 12.9. The van der Waals surface area contributed by atoms with Crippen LogP contribution in [0.2, 0.25) is 0 Å². The minimum absolute atomic E-state index is 0. The van der Waals surface area contributed by atoms with Gasteiger partial charge in [-0.2, -0.15) is 0 Å². The molecule has 0 radical (unpaired) electrons. The SMILES string of the molecule is CC(=O)c1ccc(C(=O)N(CCN(C)C)c2nc3c(F)cccc3s2)cc1.Cl. The molecule has 3 aromatic rings. The highest BCUT2D eigenvalue weighted by Crippen LogP contribution is 2.31. The third-order valence-corrected chi connectivity index (χ3v) is 5.19. The number of hydrogen-bond acceptors (Lipinski definition) is 5. The highest BCUT2D eigenvalue weighted by molar-refractivity contribution is 7.22. The summed E-state index contributed by atoms with van der Waals surface area (Å²) in [6, 6.07) is 11.3. The van der Waals surface area contributed by atoms with E-state index in [2.05, 4.69) is 4.98 Å². The molecule has 0 atom stereocenters. The number of amides is 1. The lowest BCUT2D eigenvalue weighted by molar-refractivity contribution is 0.0981. The Morgan fingerprint density at radius 1 is 1.04 bits per heavy atom. The quantitative estimate of drug-likeness (QED) is 0.558. The van der Waals surface area contributed by atoms with Gasteiger partial charge in [0, 0.05) is 24.2 Å². The minimum Gasteiger partial charge on any atom is -0.308 e. The van der Waals surface area contributed by atoms with E-state index >= 15 is 0 Å². The number of benzene rings is 2. The summed E-state index contributed by atoms with van der Waals surface area (Å²) in [7, 11) is 3.84. The Balaban J connectivity index is 0.00000280. The number of rotatable bonds is 6. The molecule has 1 heterocycles. The van der Waals surface area contributed by atoms with Gasteiger partial charge in [-0.1, -0.05) is 29.5 Å². The number of ketones is 1. The summed E-state index contributed by atoms with van der Waals surface area (Å²) in [4.78, 5) is 32.4. The number of carbonyl (C=O) groups is 2. The number of thiazole rings is 1.